The molecule has 1 rings (SSSR count). The number of amides is 1. The van der Waals surface area contributed by atoms with E-state index in [-0.39, 0.29) is 17.6 Å². The van der Waals surface area contributed by atoms with E-state index in [0.29, 0.717) is 6.42 Å². The van der Waals surface area contributed by atoms with E-state index in [1.54, 1.807) is 0 Å². The van der Waals surface area contributed by atoms with Crippen LogP contribution in [0.5, 0.6) is 0 Å². The van der Waals surface area contributed by atoms with Crippen LogP contribution in [0.1, 0.15) is 27.2 Å². The Bertz CT molecular complexity index is 216. The fourth-order valence-corrected chi connectivity index (χ4v) is 2.02. The van der Waals surface area contributed by atoms with Crippen molar-refractivity contribution in [1.82, 2.24) is 4.90 Å². The molecule has 4 nitrogen and oxygen atoms in total. The molecule has 0 saturated carbocycles. The highest BCUT2D eigenvalue weighted by atomic mass is 16.5. The highest BCUT2D eigenvalue weighted by Gasteiger charge is 2.30. The number of hydrogen-bond acceptors (Lipinski definition) is 3. The second kappa shape index (κ2) is 4.28. The Hall–Kier alpha value is -0.610. The number of hydrogen-bond donors (Lipinski definition) is 1. The molecule has 82 valence electrons. The smallest absolute Gasteiger partial charge is 0.218 e. The van der Waals surface area contributed by atoms with E-state index in [0.717, 1.165) is 19.6 Å². The molecule has 1 aliphatic heterocycles. The molecule has 1 heterocycles. The topological polar surface area (TPSA) is 55.6 Å². The maximum Gasteiger partial charge on any atom is 0.218 e. The number of nitrogens with zero attached hydrogens (tertiary/aromatic N) is 1. The van der Waals surface area contributed by atoms with Gasteiger partial charge in [0.25, 0.3) is 0 Å². The zero-order valence-corrected chi connectivity index (χ0v) is 9.25. The van der Waals surface area contributed by atoms with Crippen LogP contribution in [0.15, 0.2) is 0 Å². The zero-order chi connectivity index (χ0) is 10.8. The van der Waals surface area contributed by atoms with Gasteiger partial charge in [-0.1, -0.05) is 0 Å². The van der Waals surface area contributed by atoms with Gasteiger partial charge in [0, 0.05) is 26.1 Å². The molecular weight excluding hydrogens is 180 g/mol. The Balaban J connectivity index is 2.42. The molecule has 2 N–H and O–H groups in total. The van der Waals surface area contributed by atoms with Crippen molar-refractivity contribution < 1.29 is 9.53 Å². The molecule has 0 aromatic carbocycles. The van der Waals surface area contributed by atoms with E-state index < -0.39 is 0 Å². The molecule has 1 aliphatic rings. The maximum absolute atomic E-state index is 10.6. The second-order valence-electron chi connectivity index (χ2n) is 4.64. The minimum Gasteiger partial charge on any atom is -0.370 e. The minimum absolute atomic E-state index is 0.116. The quantitative estimate of drug-likeness (QED) is 0.715. The van der Waals surface area contributed by atoms with Gasteiger partial charge in [-0.2, -0.15) is 0 Å². The lowest BCUT2D eigenvalue weighted by atomic mass is 10.1. The summed E-state index contributed by atoms with van der Waals surface area (Å²) in [5.41, 5.74) is 5.00. The molecule has 0 spiro atoms. The molecule has 1 saturated heterocycles. The summed E-state index contributed by atoms with van der Waals surface area (Å²) in [6.07, 6.45) is 0.662. The lowest BCUT2D eigenvalue weighted by molar-refractivity contribution is -0.132. The van der Waals surface area contributed by atoms with Crippen molar-refractivity contribution in [3.63, 3.8) is 0 Å². The number of carbonyl (C=O) groups excluding carboxylic acids is 1. The van der Waals surface area contributed by atoms with Gasteiger partial charge in [-0.15, -0.1) is 0 Å². The Kier molecular flexibility index (Phi) is 3.50. The molecule has 14 heavy (non-hydrogen) atoms. The van der Waals surface area contributed by atoms with Gasteiger partial charge in [-0.3, -0.25) is 9.69 Å². The molecule has 1 atom stereocenters. The Morgan fingerprint density at radius 3 is 2.79 bits per heavy atom. The van der Waals surface area contributed by atoms with Gasteiger partial charge < -0.3 is 10.5 Å². The van der Waals surface area contributed by atoms with E-state index >= 15 is 0 Å². The van der Waals surface area contributed by atoms with Crippen LogP contribution in [0.25, 0.3) is 0 Å². The summed E-state index contributed by atoms with van der Waals surface area (Å²) in [4.78, 5) is 12.9. The summed E-state index contributed by atoms with van der Waals surface area (Å²) >= 11 is 0. The van der Waals surface area contributed by atoms with Gasteiger partial charge in [0.2, 0.25) is 5.91 Å². The first kappa shape index (κ1) is 11.5. The molecule has 0 bridgehead atoms. The van der Waals surface area contributed by atoms with Crippen LogP contribution in [0.4, 0.5) is 0 Å². The average molecular weight is 200 g/mol. The fourth-order valence-electron chi connectivity index (χ4n) is 2.02. The summed E-state index contributed by atoms with van der Waals surface area (Å²) in [6.45, 7) is 8.69. The number of carbonyl (C=O) groups is 1. The highest BCUT2D eigenvalue weighted by Crippen LogP contribution is 2.20. The number of ether oxygens (including phenoxy) is 1. The standard InChI is InChI=1S/C10H20N2O2/c1-8-6-12(5-4-9(11)13)7-10(2,3)14-8/h8H,4-7H2,1-3H3,(H2,11,13). The van der Waals surface area contributed by atoms with Gasteiger partial charge in [0.15, 0.2) is 0 Å². The third-order valence-electron chi connectivity index (χ3n) is 2.31. The molecule has 1 amide bonds. The van der Waals surface area contributed by atoms with Gasteiger partial charge >= 0.3 is 0 Å². The molecule has 0 aromatic heterocycles. The molecule has 0 aliphatic carbocycles. The van der Waals surface area contributed by atoms with Crippen molar-refractivity contribution in [2.24, 2.45) is 5.73 Å². The first-order valence-corrected chi connectivity index (χ1v) is 5.07. The van der Waals surface area contributed by atoms with Crippen molar-refractivity contribution in [2.45, 2.75) is 38.9 Å². The van der Waals surface area contributed by atoms with E-state index in [2.05, 4.69) is 25.7 Å². The first-order chi connectivity index (χ1) is 6.39. The Morgan fingerprint density at radius 1 is 1.64 bits per heavy atom. The number of nitrogens with two attached hydrogens (primary N) is 1. The van der Waals surface area contributed by atoms with Gasteiger partial charge in [-0.25, -0.2) is 0 Å². The van der Waals surface area contributed by atoms with Gasteiger partial charge in [-0.05, 0) is 20.8 Å². The largest absolute Gasteiger partial charge is 0.370 e. The van der Waals surface area contributed by atoms with E-state index in [1.165, 1.54) is 0 Å². The summed E-state index contributed by atoms with van der Waals surface area (Å²) in [6, 6.07) is 0. The molecule has 0 aromatic rings. The number of rotatable bonds is 3. The van der Waals surface area contributed by atoms with Crippen LogP contribution in [-0.2, 0) is 9.53 Å². The van der Waals surface area contributed by atoms with Gasteiger partial charge in [0.05, 0.1) is 11.7 Å². The fraction of sp³-hybridized carbons (Fsp3) is 0.900. The summed E-state index contributed by atoms with van der Waals surface area (Å²) in [7, 11) is 0. The van der Waals surface area contributed by atoms with Crippen molar-refractivity contribution >= 4 is 5.91 Å². The van der Waals surface area contributed by atoms with E-state index in [1.807, 2.05) is 0 Å². The normalized spacial score (nSPS) is 27.5. The van der Waals surface area contributed by atoms with Crippen molar-refractivity contribution in [3.8, 4) is 0 Å². The molecular formula is C10H20N2O2. The van der Waals surface area contributed by atoms with Crippen LogP contribution >= 0.6 is 0 Å². The van der Waals surface area contributed by atoms with Crippen molar-refractivity contribution in [2.75, 3.05) is 19.6 Å². The second-order valence-corrected chi connectivity index (χ2v) is 4.64. The van der Waals surface area contributed by atoms with E-state index in [4.69, 9.17) is 10.5 Å². The van der Waals surface area contributed by atoms with Crippen LogP contribution in [0.3, 0.4) is 0 Å². The van der Waals surface area contributed by atoms with Crippen LogP contribution < -0.4 is 5.73 Å². The van der Waals surface area contributed by atoms with E-state index in [9.17, 15) is 4.79 Å². The van der Waals surface area contributed by atoms with Crippen molar-refractivity contribution in [3.05, 3.63) is 0 Å². The predicted octanol–water partition coefficient (Wildman–Crippen LogP) is 0.361. The van der Waals surface area contributed by atoms with Crippen LogP contribution in [-0.4, -0.2) is 42.1 Å². The maximum atomic E-state index is 10.6. The SMILES string of the molecule is CC1CN(CCC(N)=O)CC(C)(C)O1. The molecule has 1 unspecified atom stereocenters. The Labute approximate surface area is 85.4 Å². The molecule has 1 fully saturated rings. The molecule has 0 radical (unpaired) electrons. The van der Waals surface area contributed by atoms with Crippen molar-refractivity contribution in [1.29, 1.82) is 0 Å². The van der Waals surface area contributed by atoms with Gasteiger partial charge in [0.1, 0.15) is 0 Å². The minimum atomic E-state index is -0.234. The lowest BCUT2D eigenvalue weighted by Crippen LogP contribution is -2.52. The predicted molar refractivity (Wildman–Crippen MR) is 54.9 cm³/mol. The Morgan fingerprint density at radius 2 is 2.29 bits per heavy atom. The average Bonchev–Trinajstić information content (AvgIpc) is 1.96. The van der Waals surface area contributed by atoms with Crippen LogP contribution in [0, 0.1) is 0 Å². The third-order valence-corrected chi connectivity index (χ3v) is 2.31. The third kappa shape index (κ3) is 3.64. The summed E-state index contributed by atoms with van der Waals surface area (Å²) < 4.78 is 5.75. The monoisotopic (exact) mass is 200 g/mol. The summed E-state index contributed by atoms with van der Waals surface area (Å²) in [5.74, 6) is -0.234. The van der Waals surface area contributed by atoms with Crippen LogP contribution in [0.2, 0.25) is 0 Å². The summed E-state index contributed by atoms with van der Waals surface area (Å²) in [5, 5.41) is 0. The highest BCUT2D eigenvalue weighted by molar-refractivity contribution is 5.73. The number of primary amides is 1. The lowest BCUT2D eigenvalue weighted by Gasteiger charge is -2.41. The first-order valence-electron chi connectivity index (χ1n) is 5.07. The zero-order valence-electron chi connectivity index (χ0n) is 9.25. The molecule has 4 heteroatoms. The number of morpholine rings is 1.